The molecule has 0 amide bonds. The highest BCUT2D eigenvalue weighted by atomic mass is 16.8. The lowest BCUT2D eigenvalue weighted by molar-refractivity contribution is 0.297. The topological polar surface area (TPSA) is 108 Å². The lowest BCUT2D eigenvalue weighted by Crippen LogP contribution is -2.09. The molecule has 68 valence electrons. The number of nitrogens with zero attached hydrogens (tertiary/aromatic N) is 2. The standard InChI is InChI=1S/C6H5N4O3/c11-6-5-4(8-2-9-6)3(1-7-5)10(12)13/h1-2,7,12H,(H,8,9,11)/q-1. The van der Waals surface area contributed by atoms with Crippen molar-refractivity contribution in [3.05, 3.63) is 28.1 Å². The molecule has 2 heterocycles. The third kappa shape index (κ3) is 1.06. The molecule has 3 N–H and O–H groups in total. The molecule has 0 radical (unpaired) electrons. The van der Waals surface area contributed by atoms with E-state index in [0.717, 1.165) is 6.33 Å². The van der Waals surface area contributed by atoms with Crippen molar-refractivity contribution in [2.24, 2.45) is 0 Å². The maximum absolute atomic E-state index is 11.1. The fraction of sp³-hybridized carbons (Fsp3) is 0. The lowest BCUT2D eigenvalue weighted by atomic mass is 10.4. The summed E-state index contributed by atoms with van der Waals surface area (Å²) in [6.45, 7) is 0. The summed E-state index contributed by atoms with van der Waals surface area (Å²) in [5, 5.41) is 18.8. The largest absolute Gasteiger partial charge is 0.733 e. The molecule has 2 rings (SSSR count). The highest BCUT2D eigenvalue weighted by Crippen LogP contribution is 2.19. The molecular formula is C6H5N4O3-. The number of nitrogens with one attached hydrogen (secondary N) is 2. The Kier molecular flexibility index (Phi) is 1.54. The Morgan fingerprint density at radius 1 is 1.54 bits per heavy atom. The monoisotopic (exact) mass is 181 g/mol. The van der Waals surface area contributed by atoms with E-state index in [4.69, 9.17) is 5.21 Å². The van der Waals surface area contributed by atoms with Crippen molar-refractivity contribution >= 4 is 16.7 Å². The zero-order valence-corrected chi connectivity index (χ0v) is 6.31. The number of rotatable bonds is 1. The molecule has 0 aromatic carbocycles. The van der Waals surface area contributed by atoms with Crippen molar-refractivity contribution in [3.8, 4) is 0 Å². The number of aromatic amines is 2. The molecule has 0 aliphatic carbocycles. The zero-order valence-electron chi connectivity index (χ0n) is 6.31. The molecule has 0 spiro atoms. The van der Waals surface area contributed by atoms with Gasteiger partial charge >= 0.3 is 0 Å². The molecule has 0 bridgehead atoms. The second-order valence-corrected chi connectivity index (χ2v) is 2.40. The summed E-state index contributed by atoms with van der Waals surface area (Å²) in [5.41, 5.74) is -0.173. The van der Waals surface area contributed by atoms with Gasteiger partial charge in [0.05, 0.1) is 12.0 Å². The van der Waals surface area contributed by atoms with Crippen LogP contribution in [-0.4, -0.2) is 20.2 Å². The van der Waals surface area contributed by atoms with E-state index in [9.17, 15) is 10.0 Å². The van der Waals surface area contributed by atoms with E-state index in [1.165, 1.54) is 6.20 Å². The van der Waals surface area contributed by atoms with E-state index in [0.29, 0.717) is 0 Å². The third-order valence-corrected chi connectivity index (χ3v) is 1.66. The summed E-state index contributed by atoms with van der Waals surface area (Å²) in [6.07, 6.45) is 2.37. The molecule has 0 atom stereocenters. The van der Waals surface area contributed by atoms with Crippen LogP contribution in [0.4, 0.5) is 5.69 Å². The summed E-state index contributed by atoms with van der Waals surface area (Å²) < 4.78 is 0. The van der Waals surface area contributed by atoms with Gasteiger partial charge in [-0.15, -0.1) is 0 Å². The average Bonchev–Trinajstić information content (AvgIpc) is 2.48. The van der Waals surface area contributed by atoms with Crippen LogP contribution in [0.2, 0.25) is 0 Å². The Bertz CT molecular complexity index is 486. The molecule has 0 saturated heterocycles. The van der Waals surface area contributed by atoms with Crippen molar-refractivity contribution in [3.63, 3.8) is 0 Å². The van der Waals surface area contributed by atoms with E-state index < -0.39 is 5.56 Å². The first kappa shape index (κ1) is 7.77. The average molecular weight is 181 g/mol. The molecule has 7 nitrogen and oxygen atoms in total. The van der Waals surface area contributed by atoms with Gasteiger partial charge in [-0.25, -0.2) is 4.98 Å². The summed E-state index contributed by atoms with van der Waals surface area (Å²) in [7, 11) is 0. The maximum atomic E-state index is 11.1. The molecule has 2 aromatic heterocycles. The fourth-order valence-corrected chi connectivity index (χ4v) is 1.08. The predicted molar refractivity (Wildman–Crippen MR) is 44.3 cm³/mol. The van der Waals surface area contributed by atoms with E-state index >= 15 is 0 Å². The van der Waals surface area contributed by atoms with E-state index in [-0.39, 0.29) is 21.9 Å². The normalized spacial score (nSPS) is 10.6. The van der Waals surface area contributed by atoms with Crippen molar-refractivity contribution in [1.82, 2.24) is 15.0 Å². The SMILES string of the molecule is O=c1[nH]cnc2c(N([O-])O)c[nH]c12. The van der Waals surface area contributed by atoms with Crippen molar-refractivity contribution in [2.75, 3.05) is 5.23 Å². The van der Waals surface area contributed by atoms with Gasteiger partial charge in [0.1, 0.15) is 11.0 Å². The minimum absolute atomic E-state index is 0.0823. The molecule has 2 aromatic rings. The Labute approximate surface area is 71.2 Å². The second kappa shape index (κ2) is 2.57. The van der Waals surface area contributed by atoms with Gasteiger partial charge in [0, 0.05) is 6.20 Å². The fourth-order valence-electron chi connectivity index (χ4n) is 1.08. The molecule has 0 aliphatic rings. The molecule has 0 fully saturated rings. The summed E-state index contributed by atoms with van der Waals surface area (Å²) in [5.74, 6) is 0. The predicted octanol–water partition coefficient (Wildman–Crippen LogP) is -0.0554. The minimum Gasteiger partial charge on any atom is -0.733 e. The second-order valence-electron chi connectivity index (χ2n) is 2.40. The van der Waals surface area contributed by atoms with Crippen LogP contribution in [0.1, 0.15) is 0 Å². The van der Waals surface area contributed by atoms with Gasteiger partial charge in [0.2, 0.25) is 0 Å². The number of anilines is 1. The highest BCUT2D eigenvalue weighted by Gasteiger charge is 2.07. The van der Waals surface area contributed by atoms with Gasteiger partial charge in [-0.3, -0.25) is 10.0 Å². The van der Waals surface area contributed by atoms with Gasteiger partial charge < -0.3 is 20.4 Å². The first-order valence-electron chi connectivity index (χ1n) is 3.41. The summed E-state index contributed by atoms with van der Waals surface area (Å²) in [4.78, 5) is 19.7. The highest BCUT2D eigenvalue weighted by molar-refractivity contribution is 5.87. The van der Waals surface area contributed by atoms with Gasteiger partial charge in [-0.1, -0.05) is 0 Å². The Morgan fingerprint density at radius 2 is 2.31 bits per heavy atom. The number of H-pyrrole nitrogens is 2. The molecule has 7 heteroatoms. The molecule has 0 saturated carbocycles. The van der Waals surface area contributed by atoms with Crippen molar-refractivity contribution < 1.29 is 5.21 Å². The van der Waals surface area contributed by atoms with E-state index in [1.54, 1.807) is 0 Å². The zero-order chi connectivity index (χ0) is 9.42. The van der Waals surface area contributed by atoms with Gasteiger partial charge in [-0.05, 0) is 0 Å². The van der Waals surface area contributed by atoms with E-state index in [1.807, 2.05) is 0 Å². The number of fused-ring (bicyclic) bond motifs is 1. The first-order chi connectivity index (χ1) is 6.20. The van der Waals surface area contributed by atoms with Gasteiger partial charge in [0.15, 0.2) is 0 Å². The van der Waals surface area contributed by atoms with Crippen LogP contribution in [-0.2, 0) is 0 Å². The Hall–Kier alpha value is -1.86. The smallest absolute Gasteiger partial charge is 0.275 e. The van der Waals surface area contributed by atoms with E-state index in [2.05, 4.69) is 15.0 Å². The Balaban J connectivity index is 2.83. The van der Waals surface area contributed by atoms with Crippen LogP contribution < -0.4 is 10.8 Å². The molecule has 0 aliphatic heterocycles. The van der Waals surface area contributed by atoms with Crippen LogP contribution in [0.25, 0.3) is 11.0 Å². The quantitative estimate of drug-likeness (QED) is 0.534. The molecule has 13 heavy (non-hydrogen) atoms. The van der Waals surface area contributed by atoms with Gasteiger partial charge in [-0.2, -0.15) is 0 Å². The maximum Gasteiger partial charge on any atom is 0.275 e. The van der Waals surface area contributed by atoms with Crippen LogP contribution in [0.15, 0.2) is 17.3 Å². The van der Waals surface area contributed by atoms with Crippen molar-refractivity contribution in [2.45, 2.75) is 0 Å². The van der Waals surface area contributed by atoms with Crippen LogP contribution in [0.3, 0.4) is 0 Å². The first-order valence-corrected chi connectivity index (χ1v) is 3.41. The number of hydrogen-bond acceptors (Lipinski definition) is 5. The van der Waals surface area contributed by atoms with Crippen LogP contribution >= 0.6 is 0 Å². The molecular weight excluding hydrogens is 176 g/mol. The number of hydrogen-bond donors (Lipinski definition) is 3. The number of aromatic nitrogens is 3. The lowest BCUT2D eigenvalue weighted by Gasteiger charge is -2.19. The van der Waals surface area contributed by atoms with Crippen LogP contribution in [0.5, 0.6) is 0 Å². The minimum atomic E-state index is -0.391. The third-order valence-electron chi connectivity index (χ3n) is 1.66. The van der Waals surface area contributed by atoms with Gasteiger partial charge in [0.25, 0.3) is 5.56 Å². The summed E-state index contributed by atoms with van der Waals surface area (Å²) in [6, 6.07) is 0. The van der Waals surface area contributed by atoms with Crippen LogP contribution in [0, 0.1) is 5.21 Å². The molecule has 0 unspecified atom stereocenters. The van der Waals surface area contributed by atoms with Crippen molar-refractivity contribution in [1.29, 1.82) is 0 Å². The summed E-state index contributed by atoms with van der Waals surface area (Å²) >= 11 is 0. The Morgan fingerprint density at radius 3 is 3.00 bits per heavy atom.